The van der Waals surface area contributed by atoms with Crippen LogP contribution in [0.5, 0.6) is 0 Å². The van der Waals surface area contributed by atoms with E-state index in [1.54, 1.807) is 14.0 Å². The molecule has 6 rings (SSSR count). The van der Waals surface area contributed by atoms with Gasteiger partial charge in [0.05, 0.1) is 16.9 Å². The standard InChI is InChI=1S/C39H54N4O3/c1-24(40)32(44)42-28-14-11-26-16-21-39(6)37(4,30(26)23-28)19-9-20-38(39,5)34(46)43(7)33(45)36(3)18-8-17-35(2)29-22-27(41)13-10-25(29)12-15-31(35)36/h10-11,13-14,22-24,31H,8-9,12,15-21,40-41H2,1-7H3,(H,42,44)/t24-,31+,35+,36-,37+,38+,39+/m0/s1. The smallest absolute Gasteiger partial charge is 0.240 e. The number of nitrogen functional groups attached to an aromatic ring is 1. The summed E-state index contributed by atoms with van der Waals surface area (Å²) in [5.41, 5.74) is 16.5. The van der Waals surface area contributed by atoms with Gasteiger partial charge in [0.25, 0.3) is 0 Å². The van der Waals surface area contributed by atoms with Gasteiger partial charge in [-0.2, -0.15) is 0 Å². The minimum Gasteiger partial charge on any atom is -0.399 e. The second kappa shape index (κ2) is 10.9. The highest BCUT2D eigenvalue weighted by Crippen LogP contribution is 2.66. The minimum atomic E-state index is -0.727. The molecule has 5 N–H and O–H groups in total. The summed E-state index contributed by atoms with van der Waals surface area (Å²) in [4.78, 5) is 43.7. The molecule has 0 aliphatic heterocycles. The maximum Gasteiger partial charge on any atom is 0.240 e. The summed E-state index contributed by atoms with van der Waals surface area (Å²) in [5.74, 6) is -0.165. The number of fused-ring (bicyclic) bond motifs is 6. The van der Waals surface area contributed by atoms with Gasteiger partial charge in [0.2, 0.25) is 17.7 Å². The average molecular weight is 627 g/mol. The van der Waals surface area contributed by atoms with E-state index < -0.39 is 16.9 Å². The highest BCUT2D eigenvalue weighted by atomic mass is 16.2. The number of carbonyl (C=O) groups excluding carboxylic acids is 3. The van der Waals surface area contributed by atoms with Gasteiger partial charge in [0.15, 0.2) is 0 Å². The Bertz CT molecular complexity index is 1600. The fourth-order valence-corrected chi connectivity index (χ4v) is 10.9. The summed E-state index contributed by atoms with van der Waals surface area (Å²) in [6.45, 7) is 12.8. The predicted molar refractivity (Wildman–Crippen MR) is 184 cm³/mol. The van der Waals surface area contributed by atoms with Crippen LogP contribution in [-0.4, -0.2) is 35.7 Å². The molecule has 2 aromatic carbocycles. The number of nitrogens with two attached hydrogens (primary N) is 2. The van der Waals surface area contributed by atoms with Crippen molar-refractivity contribution in [2.45, 2.75) is 123 Å². The van der Waals surface area contributed by atoms with Gasteiger partial charge in [0.1, 0.15) is 0 Å². The molecule has 0 saturated heterocycles. The summed E-state index contributed by atoms with van der Waals surface area (Å²) in [5, 5.41) is 2.98. The molecule has 0 heterocycles. The first-order valence-corrected chi connectivity index (χ1v) is 17.4. The number of aryl methyl sites for hydroxylation is 2. The van der Waals surface area contributed by atoms with E-state index in [2.05, 4.69) is 64.2 Å². The molecule has 4 aliphatic carbocycles. The molecule has 0 radical (unpaired) electrons. The Labute approximate surface area is 275 Å². The van der Waals surface area contributed by atoms with Crippen molar-refractivity contribution in [3.63, 3.8) is 0 Å². The Kier molecular flexibility index (Phi) is 7.78. The molecule has 0 bridgehead atoms. The van der Waals surface area contributed by atoms with E-state index in [9.17, 15) is 14.4 Å². The average Bonchev–Trinajstić information content (AvgIpc) is 3.01. The molecule has 7 heteroatoms. The van der Waals surface area contributed by atoms with Crippen LogP contribution in [0.25, 0.3) is 0 Å². The lowest BCUT2D eigenvalue weighted by Crippen LogP contribution is -2.64. The van der Waals surface area contributed by atoms with Crippen molar-refractivity contribution >= 4 is 29.1 Å². The first-order chi connectivity index (χ1) is 21.5. The number of benzene rings is 2. The Morgan fingerprint density at radius 3 is 2.24 bits per heavy atom. The van der Waals surface area contributed by atoms with E-state index in [0.29, 0.717) is 0 Å². The van der Waals surface area contributed by atoms with Gasteiger partial charge in [-0.25, -0.2) is 0 Å². The van der Waals surface area contributed by atoms with Crippen molar-refractivity contribution in [2.24, 2.45) is 27.9 Å². The van der Waals surface area contributed by atoms with Gasteiger partial charge in [-0.15, -0.1) is 0 Å². The fourth-order valence-electron chi connectivity index (χ4n) is 10.9. The van der Waals surface area contributed by atoms with Crippen molar-refractivity contribution in [2.75, 3.05) is 18.1 Å². The molecular weight excluding hydrogens is 572 g/mol. The maximum atomic E-state index is 14.9. The van der Waals surface area contributed by atoms with Crippen LogP contribution < -0.4 is 16.8 Å². The molecule has 2 saturated carbocycles. The highest BCUT2D eigenvalue weighted by Gasteiger charge is 2.65. The number of nitrogens with one attached hydrogen (secondary N) is 1. The van der Waals surface area contributed by atoms with Crippen LogP contribution in [0.15, 0.2) is 36.4 Å². The number of imide groups is 1. The van der Waals surface area contributed by atoms with Gasteiger partial charge < -0.3 is 16.8 Å². The number of hydrogen-bond donors (Lipinski definition) is 3. The first kappa shape index (κ1) is 32.7. The van der Waals surface area contributed by atoms with Crippen molar-refractivity contribution in [3.05, 3.63) is 58.7 Å². The topological polar surface area (TPSA) is 119 Å². The van der Waals surface area contributed by atoms with Crippen molar-refractivity contribution in [3.8, 4) is 0 Å². The van der Waals surface area contributed by atoms with Gasteiger partial charge in [-0.05, 0) is 127 Å². The Balaban J connectivity index is 1.32. The van der Waals surface area contributed by atoms with E-state index in [-0.39, 0.29) is 39.9 Å². The third kappa shape index (κ3) is 4.51. The third-order valence-electron chi connectivity index (χ3n) is 14.0. The zero-order chi connectivity index (χ0) is 33.4. The van der Waals surface area contributed by atoms with Crippen LogP contribution in [0, 0.1) is 22.2 Å². The molecule has 2 aromatic rings. The van der Waals surface area contributed by atoms with E-state index in [0.717, 1.165) is 75.6 Å². The lowest BCUT2D eigenvalue weighted by molar-refractivity contribution is -0.171. The molecule has 3 amide bonds. The summed E-state index contributed by atoms with van der Waals surface area (Å²) in [7, 11) is 1.75. The Morgan fingerprint density at radius 2 is 1.52 bits per heavy atom. The third-order valence-corrected chi connectivity index (χ3v) is 14.0. The molecule has 4 aliphatic rings. The van der Waals surface area contributed by atoms with Crippen molar-refractivity contribution in [1.29, 1.82) is 0 Å². The Morgan fingerprint density at radius 1 is 0.848 bits per heavy atom. The second-order valence-electron chi connectivity index (χ2n) is 16.4. The summed E-state index contributed by atoms with van der Waals surface area (Å²) in [6.07, 6.45) is 8.91. The molecule has 7 atom stereocenters. The zero-order valence-corrected chi connectivity index (χ0v) is 29.0. The van der Waals surface area contributed by atoms with Crippen LogP contribution in [-0.2, 0) is 38.1 Å². The van der Waals surface area contributed by atoms with Gasteiger partial charge in [0, 0.05) is 18.4 Å². The number of carbonyl (C=O) groups is 3. The number of nitrogens with zero attached hydrogens (tertiary/aromatic N) is 1. The van der Waals surface area contributed by atoms with Gasteiger partial charge in [-0.3, -0.25) is 19.3 Å². The molecule has 0 spiro atoms. The van der Waals surface area contributed by atoms with Gasteiger partial charge >= 0.3 is 0 Å². The Hall–Kier alpha value is -3.19. The van der Waals surface area contributed by atoms with E-state index >= 15 is 0 Å². The number of anilines is 2. The fraction of sp³-hybridized carbons (Fsp3) is 0.615. The number of hydrogen-bond acceptors (Lipinski definition) is 5. The lowest BCUT2D eigenvalue weighted by atomic mass is 9.41. The monoisotopic (exact) mass is 626 g/mol. The van der Waals surface area contributed by atoms with Crippen molar-refractivity contribution < 1.29 is 14.4 Å². The van der Waals surface area contributed by atoms with Crippen LogP contribution >= 0.6 is 0 Å². The summed E-state index contributed by atoms with van der Waals surface area (Å²) < 4.78 is 0. The predicted octanol–water partition coefficient (Wildman–Crippen LogP) is 6.65. The van der Waals surface area contributed by atoms with E-state index in [4.69, 9.17) is 11.5 Å². The highest BCUT2D eigenvalue weighted by molar-refractivity contribution is 6.01. The van der Waals surface area contributed by atoms with Crippen molar-refractivity contribution in [1.82, 2.24) is 4.90 Å². The normalized spacial score (nSPS) is 35.4. The quantitative estimate of drug-likeness (QED) is 0.259. The SMILES string of the molecule is C[C@H](N)C(=O)Nc1ccc2c(c1)[C@@]1(C)CCC[C@](C)(C(=O)N(C)C(=O)[C@@]3(C)CCC[C@]4(C)c5cc(N)ccc5CC[C@@H]34)[C@]1(C)CC2. The van der Waals surface area contributed by atoms with E-state index in [1.807, 2.05) is 12.1 Å². The maximum absolute atomic E-state index is 14.9. The van der Waals surface area contributed by atoms with Crippen LogP contribution in [0.2, 0.25) is 0 Å². The molecule has 46 heavy (non-hydrogen) atoms. The van der Waals surface area contributed by atoms with Crippen LogP contribution in [0.4, 0.5) is 11.4 Å². The molecular formula is C39H54N4O3. The lowest BCUT2D eigenvalue weighted by Gasteiger charge is -2.63. The number of rotatable bonds is 4. The zero-order valence-electron chi connectivity index (χ0n) is 29.0. The van der Waals surface area contributed by atoms with Crippen LogP contribution in [0.3, 0.4) is 0 Å². The van der Waals surface area contributed by atoms with Crippen LogP contribution in [0.1, 0.15) is 115 Å². The molecule has 0 unspecified atom stereocenters. The second-order valence-corrected chi connectivity index (χ2v) is 16.4. The first-order valence-electron chi connectivity index (χ1n) is 17.4. The molecule has 7 nitrogen and oxygen atoms in total. The molecule has 248 valence electrons. The van der Waals surface area contributed by atoms with E-state index in [1.165, 1.54) is 27.2 Å². The minimum absolute atomic E-state index is 0.0324. The summed E-state index contributed by atoms with van der Waals surface area (Å²) >= 11 is 0. The molecule has 0 aromatic heterocycles. The summed E-state index contributed by atoms with van der Waals surface area (Å²) in [6, 6.07) is 11.9. The molecule has 2 fully saturated rings. The number of amides is 3. The largest absolute Gasteiger partial charge is 0.399 e. The van der Waals surface area contributed by atoms with Gasteiger partial charge in [-0.1, -0.05) is 59.6 Å².